The van der Waals surface area contributed by atoms with Crippen molar-refractivity contribution in [2.24, 2.45) is 0 Å². The standard InChI is InChI=1S/C17H24N6O2/c1-4-18-15-10-12(2)21-16(23-15)19-8-9-20-17(24)22-13-6-5-7-14(11-13)25-3/h5-7,10-11H,4,8-9H2,1-3H3,(H2,20,22,24)(H2,18,19,21,23). The molecule has 25 heavy (non-hydrogen) atoms. The van der Waals surface area contributed by atoms with Crippen molar-refractivity contribution in [1.82, 2.24) is 15.3 Å². The summed E-state index contributed by atoms with van der Waals surface area (Å²) in [5, 5.41) is 11.8. The van der Waals surface area contributed by atoms with E-state index >= 15 is 0 Å². The van der Waals surface area contributed by atoms with Gasteiger partial charge in [-0.25, -0.2) is 9.78 Å². The topological polar surface area (TPSA) is 100 Å². The number of carbonyl (C=O) groups excluding carboxylic acids is 1. The lowest BCUT2D eigenvalue weighted by Crippen LogP contribution is -2.32. The van der Waals surface area contributed by atoms with E-state index in [0.717, 1.165) is 18.1 Å². The number of urea groups is 1. The largest absolute Gasteiger partial charge is 0.497 e. The Morgan fingerprint density at radius 1 is 1.16 bits per heavy atom. The van der Waals surface area contributed by atoms with E-state index in [9.17, 15) is 4.79 Å². The molecule has 1 aromatic heterocycles. The van der Waals surface area contributed by atoms with Crippen molar-refractivity contribution in [3.05, 3.63) is 36.0 Å². The van der Waals surface area contributed by atoms with Gasteiger partial charge in [0.1, 0.15) is 11.6 Å². The molecule has 0 bridgehead atoms. The van der Waals surface area contributed by atoms with Crippen molar-refractivity contribution in [1.29, 1.82) is 0 Å². The third-order valence-electron chi connectivity index (χ3n) is 3.23. The molecule has 2 amide bonds. The summed E-state index contributed by atoms with van der Waals surface area (Å²) < 4.78 is 5.12. The molecule has 8 nitrogen and oxygen atoms in total. The fraction of sp³-hybridized carbons (Fsp3) is 0.353. The van der Waals surface area contributed by atoms with Gasteiger partial charge < -0.3 is 26.0 Å². The molecule has 2 aromatic rings. The maximum atomic E-state index is 11.9. The normalized spacial score (nSPS) is 10.0. The lowest BCUT2D eigenvalue weighted by atomic mass is 10.3. The number of nitrogens with zero attached hydrogens (tertiary/aromatic N) is 2. The lowest BCUT2D eigenvalue weighted by Gasteiger charge is -2.10. The molecule has 0 saturated carbocycles. The minimum Gasteiger partial charge on any atom is -0.497 e. The first-order valence-corrected chi connectivity index (χ1v) is 8.13. The Morgan fingerprint density at radius 2 is 2.00 bits per heavy atom. The number of rotatable bonds is 8. The van der Waals surface area contributed by atoms with Crippen molar-refractivity contribution in [2.45, 2.75) is 13.8 Å². The zero-order chi connectivity index (χ0) is 18.1. The number of anilines is 3. The number of hydrogen-bond acceptors (Lipinski definition) is 6. The van der Waals surface area contributed by atoms with Crippen molar-refractivity contribution < 1.29 is 9.53 Å². The Hall–Kier alpha value is -3.03. The number of aryl methyl sites for hydroxylation is 1. The fourth-order valence-corrected chi connectivity index (χ4v) is 2.15. The number of amides is 2. The minimum absolute atomic E-state index is 0.284. The van der Waals surface area contributed by atoms with E-state index in [1.807, 2.05) is 32.0 Å². The summed E-state index contributed by atoms with van der Waals surface area (Å²) >= 11 is 0. The predicted octanol–water partition coefficient (Wildman–Crippen LogP) is 2.46. The monoisotopic (exact) mass is 344 g/mol. The molecule has 0 aliphatic heterocycles. The van der Waals surface area contributed by atoms with Crippen molar-refractivity contribution in [2.75, 3.05) is 42.7 Å². The number of benzene rings is 1. The Labute approximate surface area is 147 Å². The summed E-state index contributed by atoms with van der Waals surface area (Å²) in [6.07, 6.45) is 0. The average molecular weight is 344 g/mol. The molecule has 0 spiro atoms. The van der Waals surface area contributed by atoms with Crippen LogP contribution in [-0.2, 0) is 0 Å². The van der Waals surface area contributed by atoms with Gasteiger partial charge >= 0.3 is 6.03 Å². The molecule has 4 N–H and O–H groups in total. The summed E-state index contributed by atoms with van der Waals surface area (Å²) in [5.74, 6) is 2.00. The second-order valence-corrected chi connectivity index (χ2v) is 5.29. The second-order valence-electron chi connectivity index (χ2n) is 5.29. The first-order chi connectivity index (χ1) is 12.1. The number of carbonyl (C=O) groups is 1. The molecule has 0 aliphatic rings. The van der Waals surface area contributed by atoms with Crippen molar-refractivity contribution >= 4 is 23.5 Å². The van der Waals surface area contributed by atoms with E-state index in [-0.39, 0.29) is 6.03 Å². The van der Waals surface area contributed by atoms with E-state index in [2.05, 4.69) is 31.2 Å². The lowest BCUT2D eigenvalue weighted by molar-refractivity contribution is 0.252. The van der Waals surface area contributed by atoms with Crippen LogP contribution in [0.15, 0.2) is 30.3 Å². The number of ether oxygens (including phenoxy) is 1. The molecule has 0 aliphatic carbocycles. The molecular weight excluding hydrogens is 320 g/mol. The third kappa shape index (κ3) is 6.17. The van der Waals surface area contributed by atoms with E-state index in [0.29, 0.717) is 30.5 Å². The third-order valence-corrected chi connectivity index (χ3v) is 3.23. The highest BCUT2D eigenvalue weighted by atomic mass is 16.5. The van der Waals surface area contributed by atoms with Crippen LogP contribution in [0.2, 0.25) is 0 Å². The number of aromatic nitrogens is 2. The summed E-state index contributed by atoms with van der Waals surface area (Å²) in [7, 11) is 1.58. The molecule has 1 aromatic carbocycles. The molecular formula is C17H24N6O2. The Bertz CT molecular complexity index is 707. The van der Waals surface area contributed by atoms with Gasteiger partial charge in [0, 0.05) is 43.1 Å². The molecule has 0 atom stereocenters. The highest BCUT2D eigenvalue weighted by Crippen LogP contribution is 2.16. The Kier molecular flexibility index (Phi) is 6.82. The molecule has 2 rings (SSSR count). The van der Waals surface area contributed by atoms with Gasteiger partial charge in [-0.2, -0.15) is 4.98 Å². The van der Waals surface area contributed by atoms with Crippen LogP contribution in [0.5, 0.6) is 5.75 Å². The Morgan fingerprint density at radius 3 is 2.76 bits per heavy atom. The fourth-order valence-electron chi connectivity index (χ4n) is 2.15. The van der Waals surface area contributed by atoms with Crippen LogP contribution < -0.4 is 26.0 Å². The van der Waals surface area contributed by atoms with Gasteiger partial charge in [-0.1, -0.05) is 6.07 Å². The highest BCUT2D eigenvalue weighted by Gasteiger charge is 2.04. The van der Waals surface area contributed by atoms with Crippen LogP contribution in [0.3, 0.4) is 0 Å². The summed E-state index contributed by atoms with van der Waals surface area (Å²) in [4.78, 5) is 20.6. The van der Waals surface area contributed by atoms with Gasteiger partial charge in [0.15, 0.2) is 0 Å². The molecule has 0 unspecified atom stereocenters. The van der Waals surface area contributed by atoms with Crippen molar-refractivity contribution in [3.63, 3.8) is 0 Å². The van der Waals surface area contributed by atoms with Gasteiger partial charge in [0.2, 0.25) is 5.95 Å². The molecule has 8 heteroatoms. The van der Waals surface area contributed by atoms with Crippen LogP contribution in [0.1, 0.15) is 12.6 Å². The number of hydrogen-bond donors (Lipinski definition) is 4. The predicted molar refractivity (Wildman–Crippen MR) is 99.4 cm³/mol. The number of nitrogens with one attached hydrogen (secondary N) is 4. The van der Waals surface area contributed by atoms with Crippen LogP contribution in [-0.4, -0.2) is 42.7 Å². The maximum Gasteiger partial charge on any atom is 0.319 e. The van der Waals surface area contributed by atoms with Gasteiger partial charge in [-0.05, 0) is 26.0 Å². The smallest absolute Gasteiger partial charge is 0.319 e. The van der Waals surface area contributed by atoms with E-state index in [1.54, 1.807) is 19.2 Å². The molecule has 1 heterocycles. The highest BCUT2D eigenvalue weighted by molar-refractivity contribution is 5.89. The summed E-state index contributed by atoms with van der Waals surface area (Å²) in [6.45, 7) is 5.66. The van der Waals surface area contributed by atoms with E-state index < -0.39 is 0 Å². The molecule has 0 radical (unpaired) electrons. The number of methoxy groups -OCH3 is 1. The zero-order valence-electron chi connectivity index (χ0n) is 14.7. The van der Waals surface area contributed by atoms with Crippen LogP contribution in [0.25, 0.3) is 0 Å². The molecule has 0 fully saturated rings. The van der Waals surface area contributed by atoms with Crippen molar-refractivity contribution in [3.8, 4) is 5.75 Å². The average Bonchev–Trinajstić information content (AvgIpc) is 2.59. The van der Waals surface area contributed by atoms with Gasteiger partial charge in [0.25, 0.3) is 0 Å². The Balaban J connectivity index is 1.76. The van der Waals surface area contributed by atoms with Crippen LogP contribution >= 0.6 is 0 Å². The van der Waals surface area contributed by atoms with E-state index in [1.165, 1.54) is 0 Å². The second kappa shape index (κ2) is 9.31. The quantitative estimate of drug-likeness (QED) is 0.549. The zero-order valence-corrected chi connectivity index (χ0v) is 14.7. The molecule has 134 valence electrons. The summed E-state index contributed by atoms with van der Waals surface area (Å²) in [6, 6.07) is 8.77. The van der Waals surface area contributed by atoms with Gasteiger partial charge in [0.05, 0.1) is 7.11 Å². The van der Waals surface area contributed by atoms with Gasteiger partial charge in [-0.3, -0.25) is 0 Å². The summed E-state index contributed by atoms with van der Waals surface area (Å²) in [5.41, 5.74) is 1.54. The first-order valence-electron chi connectivity index (χ1n) is 8.13. The first kappa shape index (κ1) is 18.3. The van der Waals surface area contributed by atoms with Crippen LogP contribution in [0, 0.1) is 6.92 Å². The minimum atomic E-state index is -0.284. The van der Waals surface area contributed by atoms with Gasteiger partial charge in [-0.15, -0.1) is 0 Å². The van der Waals surface area contributed by atoms with Crippen LogP contribution in [0.4, 0.5) is 22.2 Å². The van der Waals surface area contributed by atoms with E-state index in [4.69, 9.17) is 4.74 Å². The molecule has 0 saturated heterocycles. The maximum absolute atomic E-state index is 11.9. The SMILES string of the molecule is CCNc1cc(C)nc(NCCNC(=O)Nc2cccc(OC)c2)n1.